The van der Waals surface area contributed by atoms with Gasteiger partial charge in [-0.1, -0.05) is 19.1 Å². The Morgan fingerprint density at radius 1 is 1.37 bits per heavy atom. The molecular formula is C15H22N2O2. The summed E-state index contributed by atoms with van der Waals surface area (Å²) in [7, 11) is 0. The lowest BCUT2D eigenvalue weighted by Gasteiger charge is -2.15. The highest BCUT2D eigenvalue weighted by Crippen LogP contribution is 2.44. The second kappa shape index (κ2) is 6.06. The Kier molecular flexibility index (Phi) is 4.43. The number of aliphatic hydroxyl groups is 1. The van der Waals surface area contributed by atoms with Gasteiger partial charge >= 0.3 is 0 Å². The van der Waals surface area contributed by atoms with E-state index >= 15 is 0 Å². The third kappa shape index (κ3) is 3.47. The number of hydrogen-bond acceptors (Lipinski definition) is 3. The number of anilines is 1. The van der Waals surface area contributed by atoms with Gasteiger partial charge in [0.25, 0.3) is 5.91 Å². The summed E-state index contributed by atoms with van der Waals surface area (Å²) in [4.78, 5) is 12.2. The monoisotopic (exact) mass is 262 g/mol. The van der Waals surface area contributed by atoms with Crippen LogP contribution in [-0.2, 0) is 0 Å². The molecule has 0 aromatic heterocycles. The topological polar surface area (TPSA) is 61.4 Å². The molecule has 2 rings (SSSR count). The number of hydrogen-bond donors (Lipinski definition) is 3. The molecule has 1 aromatic carbocycles. The SMILES string of the molecule is CCCNc1ccccc1C(=O)NCC1(CO)CC1. The van der Waals surface area contributed by atoms with Gasteiger partial charge in [0.2, 0.25) is 0 Å². The van der Waals surface area contributed by atoms with Crippen molar-refractivity contribution in [2.45, 2.75) is 26.2 Å². The molecule has 0 spiro atoms. The molecule has 1 amide bonds. The molecule has 1 aliphatic rings. The molecule has 0 bridgehead atoms. The molecule has 0 aliphatic heterocycles. The maximum atomic E-state index is 12.2. The van der Waals surface area contributed by atoms with Crippen LogP contribution in [0.3, 0.4) is 0 Å². The molecular weight excluding hydrogens is 240 g/mol. The Labute approximate surface area is 114 Å². The third-order valence-electron chi connectivity index (χ3n) is 3.65. The minimum atomic E-state index is -0.0704. The summed E-state index contributed by atoms with van der Waals surface area (Å²) in [6.45, 7) is 3.66. The summed E-state index contributed by atoms with van der Waals surface area (Å²) >= 11 is 0. The molecule has 1 aromatic rings. The van der Waals surface area contributed by atoms with Crippen LogP contribution in [0.5, 0.6) is 0 Å². The molecule has 1 saturated carbocycles. The van der Waals surface area contributed by atoms with Crippen LogP contribution in [0.15, 0.2) is 24.3 Å². The first kappa shape index (κ1) is 13.9. The molecule has 3 N–H and O–H groups in total. The molecule has 0 heterocycles. The van der Waals surface area contributed by atoms with Crippen molar-refractivity contribution in [1.82, 2.24) is 5.32 Å². The van der Waals surface area contributed by atoms with Crippen LogP contribution in [0.1, 0.15) is 36.5 Å². The van der Waals surface area contributed by atoms with Crippen molar-refractivity contribution in [3.8, 4) is 0 Å². The van der Waals surface area contributed by atoms with Crippen molar-refractivity contribution >= 4 is 11.6 Å². The van der Waals surface area contributed by atoms with Gasteiger partial charge in [-0.2, -0.15) is 0 Å². The molecule has 4 nitrogen and oxygen atoms in total. The van der Waals surface area contributed by atoms with E-state index < -0.39 is 0 Å². The van der Waals surface area contributed by atoms with E-state index in [1.165, 1.54) is 0 Å². The Bertz CT molecular complexity index is 442. The van der Waals surface area contributed by atoms with Crippen molar-refractivity contribution in [1.29, 1.82) is 0 Å². The minimum Gasteiger partial charge on any atom is -0.396 e. The van der Waals surface area contributed by atoms with Crippen LogP contribution < -0.4 is 10.6 Å². The van der Waals surface area contributed by atoms with E-state index in [2.05, 4.69) is 17.6 Å². The fraction of sp³-hybridized carbons (Fsp3) is 0.533. The average Bonchev–Trinajstić information content (AvgIpc) is 3.23. The Morgan fingerprint density at radius 2 is 2.11 bits per heavy atom. The minimum absolute atomic E-state index is 0.0541. The van der Waals surface area contributed by atoms with Gasteiger partial charge in [0.1, 0.15) is 0 Å². The van der Waals surface area contributed by atoms with Crippen LogP contribution in [0.25, 0.3) is 0 Å². The number of para-hydroxylation sites is 1. The summed E-state index contributed by atoms with van der Waals surface area (Å²) in [6, 6.07) is 7.53. The number of carbonyl (C=O) groups is 1. The Hall–Kier alpha value is -1.55. The van der Waals surface area contributed by atoms with Crippen molar-refractivity contribution in [3.63, 3.8) is 0 Å². The van der Waals surface area contributed by atoms with E-state index in [9.17, 15) is 9.90 Å². The fourth-order valence-electron chi connectivity index (χ4n) is 2.03. The average molecular weight is 262 g/mol. The summed E-state index contributed by atoms with van der Waals surface area (Å²) < 4.78 is 0. The quantitative estimate of drug-likeness (QED) is 0.704. The van der Waals surface area contributed by atoms with E-state index in [0.29, 0.717) is 12.1 Å². The summed E-state index contributed by atoms with van der Waals surface area (Å²) in [5, 5.41) is 15.4. The lowest BCUT2D eigenvalue weighted by atomic mass is 10.1. The van der Waals surface area contributed by atoms with Gasteiger partial charge < -0.3 is 15.7 Å². The Morgan fingerprint density at radius 3 is 2.74 bits per heavy atom. The molecule has 0 atom stereocenters. The number of carbonyl (C=O) groups excluding carboxylic acids is 1. The van der Waals surface area contributed by atoms with E-state index in [4.69, 9.17) is 0 Å². The predicted molar refractivity (Wildman–Crippen MR) is 76.3 cm³/mol. The van der Waals surface area contributed by atoms with Gasteiger partial charge in [0.05, 0.1) is 12.2 Å². The van der Waals surface area contributed by atoms with Gasteiger partial charge in [0, 0.05) is 24.2 Å². The summed E-state index contributed by atoms with van der Waals surface area (Å²) in [5.74, 6) is -0.0704. The van der Waals surface area contributed by atoms with Gasteiger partial charge in [0.15, 0.2) is 0 Å². The first-order chi connectivity index (χ1) is 9.21. The lowest BCUT2D eigenvalue weighted by molar-refractivity contribution is 0.0936. The maximum Gasteiger partial charge on any atom is 0.253 e. The zero-order chi connectivity index (χ0) is 13.7. The van der Waals surface area contributed by atoms with Crippen molar-refractivity contribution in [2.75, 3.05) is 25.0 Å². The van der Waals surface area contributed by atoms with Gasteiger partial charge in [-0.15, -0.1) is 0 Å². The molecule has 1 aliphatic carbocycles. The second-order valence-electron chi connectivity index (χ2n) is 5.31. The van der Waals surface area contributed by atoms with Crippen molar-refractivity contribution in [2.24, 2.45) is 5.41 Å². The lowest BCUT2D eigenvalue weighted by Crippen LogP contribution is -2.32. The highest BCUT2D eigenvalue weighted by Gasteiger charge is 2.42. The van der Waals surface area contributed by atoms with E-state index in [1.54, 1.807) is 0 Å². The van der Waals surface area contributed by atoms with E-state index in [1.807, 2.05) is 24.3 Å². The first-order valence-electron chi connectivity index (χ1n) is 6.93. The number of nitrogens with one attached hydrogen (secondary N) is 2. The second-order valence-corrected chi connectivity index (χ2v) is 5.31. The van der Waals surface area contributed by atoms with Gasteiger partial charge in [-0.3, -0.25) is 4.79 Å². The highest BCUT2D eigenvalue weighted by molar-refractivity contribution is 5.99. The Balaban J connectivity index is 1.98. The summed E-state index contributed by atoms with van der Waals surface area (Å²) in [6.07, 6.45) is 3.02. The number of amides is 1. The summed E-state index contributed by atoms with van der Waals surface area (Å²) in [5.41, 5.74) is 1.49. The van der Waals surface area contributed by atoms with Gasteiger partial charge in [-0.25, -0.2) is 0 Å². The van der Waals surface area contributed by atoms with E-state index in [-0.39, 0.29) is 17.9 Å². The molecule has 0 saturated heterocycles. The van der Waals surface area contributed by atoms with Crippen molar-refractivity contribution < 1.29 is 9.90 Å². The van der Waals surface area contributed by atoms with Crippen LogP contribution in [-0.4, -0.2) is 30.7 Å². The van der Waals surface area contributed by atoms with Crippen LogP contribution in [0, 0.1) is 5.41 Å². The number of benzene rings is 1. The normalized spacial score (nSPS) is 15.9. The zero-order valence-corrected chi connectivity index (χ0v) is 11.4. The molecule has 0 radical (unpaired) electrons. The van der Waals surface area contributed by atoms with Gasteiger partial charge in [-0.05, 0) is 31.4 Å². The smallest absolute Gasteiger partial charge is 0.253 e. The highest BCUT2D eigenvalue weighted by atomic mass is 16.3. The number of aliphatic hydroxyl groups excluding tert-OH is 1. The predicted octanol–water partition coefficient (Wildman–Crippen LogP) is 2.01. The molecule has 4 heteroatoms. The van der Waals surface area contributed by atoms with Crippen molar-refractivity contribution in [3.05, 3.63) is 29.8 Å². The fourth-order valence-corrected chi connectivity index (χ4v) is 2.03. The molecule has 19 heavy (non-hydrogen) atoms. The largest absolute Gasteiger partial charge is 0.396 e. The van der Waals surface area contributed by atoms with Crippen LogP contribution >= 0.6 is 0 Å². The molecule has 1 fully saturated rings. The number of rotatable bonds is 7. The van der Waals surface area contributed by atoms with Crippen LogP contribution in [0.2, 0.25) is 0 Å². The standard InChI is InChI=1S/C15H22N2O2/c1-2-9-16-13-6-4-3-5-12(13)14(19)17-10-15(11-18)7-8-15/h3-6,16,18H,2,7-11H2,1H3,(H,17,19). The van der Waals surface area contributed by atoms with E-state index in [0.717, 1.165) is 31.5 Å². The maximum absolute atomic E-state index is 12.2. The molecule has 0 unspecified atom stereocenters. The third-order valence-corrected chi connectivity index (χ3v) is 3.65. The molecule has 104 valence electrons. The first-order valence-corrected chi connectivity index (χ1v) is 6.93. The van der Waals surface area contributed by atoms with Crippen LogP contribution in [0.4, 0.5) is 5.69 Å². The zero-order valence-electron chi connectivity index (χ0n) is 11.4.